The molecular weight excluding hydrogens is 425 g/mol. The van der Waals surface area contributed by atoms with Gasteiger partial charge in [0.25, 0.3) is 0 Å². The molecule has 1 atom stereocenters. The number of nitrogens with one attached hydrogen (secondary N) is 2. The number of esters is 1. The lowest BCUT2D eigenvalue weighted by molar-refractivity contribution is -0.139. The smallest absolute Gasteiger partial charge is 0.416 e. The van der Waals surface area contributed by atoms with Crippen molar-refractivity contribution in [2.45, 2.75) is 26.1 Å². The fraction of sp³-hybridized carbons (Fsp3) is 0.273. The molecule has 2 rings (SSSR count). The summed E-state index contributed by atoms with van der Waals surface area (Å²) in [7, 11) is 0. The van der Waals surface area contributed by atoms with E-state index in [0.29, 0.717) is 11.3 Å². The van der Waals surface area contributed by atoms with E-state index in [4.69, 9.17) is 16.2 Å². The lowest BCUT2D eigenvalue weighted by Crippen LogP contribution is -2.35. The minimum Gasteiger partial charge on any atom is -0.463 e. The van der Waals surface area contributed by atoms with Crippen molar-refractivity contribution in [3.8, 4) is 0 Å². The van der Waals surface area contributed by atoms with Crippen LogP contribution < -0.4 is 22.1 Å². The predicted octanol–water partition coefficient (Wildman–Crippen LogP) is 3.35. The number of hydrogen-bond acceptors (Lipinski definition) is 6. The van der Waals surface area contributed by atoms with Gasteiger partial charge in [-0.2, -0.15) is 13.2 Å². The first kappa shape index (κ1) is 24.7. The summed E-state index contributed by atoms with van der Waals surface area (Å²) in [5.74, 6) is -1.36. The van der Waals surface area contributed by atoms with Gasteiger partial charge in [0.2, 0.25) is 5.91 Å². The Kier molecular flexibility index (Phi) is 8.25. The van der Waals surface area contributed by atoms with E-state index >= 15 is 0 Å². The molecule has 1 amide bonds. The van der Waals surface area contributed by atoms with Crippen LogP contribution in [0.3, 0.4) is 0 Å². The van der Waals surface area contributed by atoms with Gasteiger partial charge in [-0.25, -0.2) is 4.79 Å². The van der Waals surface area contributed by atoms with Gasteiger partial charge < -0.3 is 21.5 Å². The molecule has 0 spiro atoms. The molecule has 0 saturated carbocycles. The number of anilines is 2. The fourth-order valence-corrected chi connectivity index (χ4v) is 3.03. The lowest BCUT2D eigenvalue weighted by atomic mass is 9.96. The van der Waals surface area contributed by atoms with Crippen LogP contribution in [-0.4, -0.2) is 25.0 Å². The molecule has 0 aliphatic heterocycles. The van der Waals surface area contributed by atoms with Crippen LogP contribution in [0.4, 0.5) is 24.5 Å². The Morgan fingerprint density at radius 1 is 1.12 bits per heavy atom. The molecule has 2 aromatic rings. The van der Waals surface area contributed by atoms with Crippen molar-refractivity contribution in [3.63, 3.8) is 0 Å². The third-order valence-corrected chi connectivity index (χ3v) is 4.46. The van der Waals surface area contributed by atoms with Gasteiger partial charge in [-0.15, -0.1) is 0 Å². The number of rotatable bonds is 9. The molecule has 32 heavy (non-hydrogen) atoms. The number of nitrogen functional groups attached to an aromatic ring is 1. The maximum absolute atomic E-state index is 13.1. The zero-order valence-corrected chi connectivity index (χ0v) is 17.6. The number of amides is 1. The molecule has 0 heterocycles. The summed E-state index contributed by atoms with van der Waals surface area (Å²) in [6, 6.07) is 10.3. The zero-order chi connectivity index (χ0) is 23.9. The molecule has 10 heteroatoms. The average Bonchev–Trinajstić information content (AvgIpc) is 2.71. The minimum absolute atomic E-state index is 0.0729. The average molecular weight is 450 g/mol. The Morgan fingerprint density at radius 3 is 2.34 bits per heavy atom. The summed E-state index contributed by atoms with van der Waals surface area (Å²) in [6.45, 7) is 2.97. The van der Waals surface area contributed by atoms with E-state index in [1.807, 2.05) is 0 Å². The van der Waals surface area contributed by atoms with Gasteiger partial charge in [-0.05, 0) is 49.7 Å². The largest absolute Gasteiger partial charge is 0.463 e. The van der Waals surface area contributed by atoms with E-state index in [-0.39, 0.29) is 30.1 Å². The zero-order valence-electron chi connectivity index (χ0n) is 17.6. The molecule has 6 N–H and O–H groups in total. The van der Waals surface area contributed by atoms with Crippen molar-refractivity contribution in [2.75, 3.05) is 24.2 Å². The maximum atomic E-state index is 13.1. The Balaban J connectivity index is 2.54. The van der Waals surface area contributed by atoms with Crippen molar-refractivity contribution in [1.29, 1.82) is 0 Å². The summed E-state index contributed by atoms with van der Waals surface area (Å²) >= 11 is 0. The van der Waals surface area contributed by atoms with Crippen LogP contribution in [0.25, 0.3) is 0 Å². The SMILES string of the molecule is CCOC(=O)/C(=C(\C)Nc1cccc(C(F)(F)F)c1)C(NCC(N)=O)c1ccc(N)cc1. The van der Waals surface area contributed by atoms with Crippen LogP contribution in [-0.2, 0) is 20.5 Å². The molecule has 0 aromatic heterocycles. The molecular formula is C22H25F3N4O3. The number of carbonyl (C=O) groups excluding carboxylic acids is 2. The first-order chi connectivity index (χ1) is 15.0. The van der Waals surface area contributed by atoms with Crippen LogP contribution in [0.2, 0.25) is 0 Å². The van der Waals surface area contributed by atoms with Gasteiger partial charge in [0, 0.05) is 17.1 Å². The Hall–Kier alpha value is -3.53. The van der Waals surface area contributed by atoms with E-state index in [1.54, 1.807) is 31.2 Å². The second-order valence-electron chi connectivity index (χ2n) is 6.91. The number of ether oxygens (including phenoxy) is 1. The number of alkyl halides is 3. The number of nitrogens with two attached hydrogens (primary N) is 2. The van der Waals surface area contributed by atoms with E-state index in [2.05, 4.69) is 10.6 Å². The Morgan fingerprint density at radius 2 is 1.78 bits per heavy atom. The van der Waals surface area contributed by atoms with Crippen molar-refractivity contribution < 1.29 is 27.5 Å². The van der Waals surface area contributed by atoms with Gasteiger partial charge in [-0.1, -0.05) is 18.2 Å². The molecule has 1 unspecified atom stereocenters. The molecule has 0 bridgehead atoms. The highest BCUT2D eigenvalue weighted by atomic mass is 19.4. The summed E-state index contributed by atoms with van der Waals surface area (Å²) in [4.78, 5) is 24.2. The van der Waals surface area contributed by atoms with Gasteiger partial charge in [-0.3, -0.25) is 10.1 Å². The number of allylic oxidation sites excluding steroid dienone is 1. The van der Waals surface area contributed by atoms with Crippen LogP contribution in [0.15, 0.2) is 59.8 Å². The number of carbonyl (C=O) groups is 2. The van der Waals surface area contributed by atoms with Crippen molar-refractivity contribution in [1.82, 2.24) is 5.32 Å². The Labute approximate surface area is 183 Å². The van der Waals surface area contributed by atoms with E-state index in [1.165, 1.54) is 19.1 Å². The molecule has 0 radical (unpaired) electrons. The Bertz CT molecular complexity index is 989. The third-order valence-electron chi connectivity index (χ3n) is 4.46. The highest BCUT2D eigenvalue weighted by molar-refractivity contribution is 5.92. The minimum atomic E-state index is -4.52. The second-order valence-corrected chi connectivity index (χ2v) is 6.91. The number of halogens is 3. The van der Waals surface area contributed by atoms with Gasteiger partial charge in [0.15, 0.2) is 0 Å². The maximum Gasteiger partial charge on any atom is 0.416 e. The van der Waals surface area contributed by atoms with E-state index in [0.717, 1.165) is 12.1 Å². The molecule has 0 aliphatic rings. The molecule has 0 aliphatic carbocycles. The first-order valence-electron chi connectivity index (χ1n) is 9.72. The monoisotopic (exact) mass is 450 g/mol. The van der Waals surface area contributed by atoms with Gasteiger partial charge in [0.05, 0.1) is 30.3 Å². The third kappa shape index (κ3) is 6.74. The summed E-state index contributed by atoms with van der Waals surface area (Å²) in [5.41, 5.74) is 11.7. The molecule has 0 saturated heterocycles. The summed E-state index contributed by atoms with van der Waals surface area (Å²) in [6.07, 6.45) is -4.52. The number of primary amides is 1. The van der Waals surface area contributed by atoms with Crippen LogP contribution in [0, 0.1) is 0 Å². The molecule has 7 nitrogen and oxygen atoms in total. The highest BCUT2D eigenvalue weighted by Gasteiger charge is 2.31. The first-order valence-corrected chi connectivity index (χ1v) is 9.72. The van der Waals surface area contributed by atoms with Crippen molar-refractivity contribution >= 4 is 23.3 Å². The lowest BCUT2D eigenvalue weighted by Gasteiger charge is -2.24. The quantitative estimate of drug-likeness (QED) is 0.264. The summed E-state index contributed by atoms with van der Waals surface area (Å²) < 4.78 is 44.4. The standard InChI is InChI=1S/C22H25F3N4O3/c1-3-32-21(31)19(13(2)29-17-6-4-5-15(11-17)22(23,24)25)20(28-12-18(27)30)14-7-9-16(26)10-8-14/h4-11,20,28-29H,3,12,26H2,1-2H3,(H2,27,30)/b19-13+. The number of benzene rings is 2. The van der Waals surface area contributed by atoms with Crippen LogP contribution >= 0.6 is 0 Å². The summed E-state index contributed by atoms with van der Waals surface area (Å²) in [5, 5.41) is 5.74. The predicted molar refractivity (Wildman–Crippen MR) is 115 cm³/mol. The van der Waals surface area contributed by atoms with Crippen molar-refractivity contribution in [2.24, 2.45) is 5.73 Å². The van der Waals surface area contributed by atoms with Crippen LogP contribution in [0.5, 0.6) is 0 Å². The van der Waals surface area contributed by atoms with E-state index in [9.17, 15) is 22.8 Å². The van der Waals surface area contributed by atoms with Crippen molar-refractivity contribution in [3.05, 3.63) is 70.9 Å². The topological polar surface area (TPSA) is 119 Å². The van der Waals surface area contributed by atoms with E-state index < -0.39 is 29.7 Å². The molecule has 172 valence electrons. The molecule has 0 fully saturated rings. The molecule has 2 aromatic carbocycles. The number of hydrogen-bond donors (Lipinski definition) is 4. The normalized spacial score (nSPS) is 13.2. The second kappa shape index (κ2) is 10.7. The van der Waals surface area contributed by atoms with Crippen LogP contribution in [0.1, 0.15) is 31.0 Å². The highest BCUT2D eigenvalue weighted by Crippen LogP contribution is 2.32. The van der Waals surface area contributed by atoms with Gasteiger partial charge in [0.1, 0.15) is 0 Å². The van der Waals surface area contributed by atoms with Gasteiger partial charge >= 0.3 is 12.1 Å². The fourth-order valence-electron chi connectivity index (χ4n) is 3.03.